The van der Waals surface area contributed by atoms with Gasteiger partial charge in [-0.15, -0.1) is 5.10 Å². The maximum absolute atomic E-state index is 5.21. The predicted octanol–water partition coefficient (Wildman–Crippen LogP) is -0.570. The first-order valence-corrected chi connectivity index (χ1v) is 3.58. The third kappa shape index (κ3) is 1.46. The molecule has 0 aliphatic carbocycles. The quantitative estimate of drug-likeness (QED) is 0.358. The van der Waals surface area contributed by atoms with Crippen molar-refractivity contribution in [2.45, 2.75) is 19.9 Å². The van der Waals surface area contributed by atoms with Crippen LogP contribution >= 0.6 is 0 Å². The average molecular weight is 171 g/mol. The smallest absolute Gasteiger partial charge is 0.258 e. The molecule has 0 aliphatic heterocycles. The van der Waals surface area contributed by atoms with E-state index in [2.05, 4.69) is 20.9 Å². The highest BCUT2D eigenvalue weighted by Gasteiger charge is 2.09. The molecule has 7 heteroatoms. The van der Waals surface area contributed by atoms with Gasteiger partial charge in [-0.25, -0.2) is 16.4 Å². The first kappa shape index (κ1) is 8.75. The average Bonchev–Trinajstić information content (AvgIpc) is 2.47. The molecule has 0 bridgehead atoms. The van der Waals surface area contributed by atoms with E-state index in [1.807, 2.05) is 13.8 Å². The van der Waals surface area contributed by atoms with Crippen molar-refractivity contribution in [2.24, 2.45) is 11.7 Å². The van der Waals surface area contributed by atoms with Gasteiger partial charge in [-0.1, -0.05) is 0 Å². The lowest BCUT2D eigenvalue weighted by Crippen LogP contribution is -2.15. The van der Waals surface area contributed by atoms with Crippen molar-refractivity contribution in [3.8, 4) is 0 Å². The molecule has 0 amide bonds. The molecular formula is C5H13N7. The summed E-state index contributed by atoms with van der Waals surface area (Å²) in [6.45, 7) is 3.94. The molecule has 1 aromatic heterocycles. The molecular weight excluding hydrogens is 158 g/mol. The highest BCUT2D eigenvalue weighted by Crippen LogP contribution is 2.12. The summed E-state index contributed by atoms with van der Waals surface area (Å²) in [6, 6.07) is 0.186. The van der Waals surface area contributed by atoms with Gasteiger partial charge in [-0.2, -0.15) is 4.98 Å². The van der Waals surface area contributed by atoms with Gasteiger partial charge in [-0.05, 0) is 13.8 Å². The van der Waals surface area contributed by atoms with E-state index in [0.29, 0.717) is 11.9 Å². The zero-order valence-electron chi connectivity index (χ0n) is 7.07. The molecule has 7 nitrogen and oxygen atoms in total. The maximum atomic E-state index is 5.21. The number of nitrogen functional groups attached to an aromatic ring is 2. The molecule has 0 saturated heterocycles. The fourth-order valence-corrected chi connectivity index (χ4v) is 0.843. The van der Waals surface area contributed by atoms with Crippen molar-refractivity contribution in [1.29, 1.82) is 0 Å². The summed E-state index contributed by atoms with van der Waals surface area (Å²) in [6.07, 6.45) is 0. The molecule has 1 heterocycles. The molecule has 0 unspecified atom stereocenters. The number of hydrogen-bond acceptors (Lipinski definition) is 6. The summed E-state index contributed by atoms with van der Waals surface area (Å²) in [5, 5.41) is 4.03. The van der Waals surface area contributed by atoms with E-state index in [4.69, 9.17) is 11.7 Å². The Balaban J connectivity index is 3.00. The molecule has 12 heavy (non-hydrogen) atoms. The molecule has 0 atom stereocenters. The minimum absolute atomic E-state index is 0.186. The Morgan fingerprint density at radius 1 is 1.33 bits per heavy atom. The summed E-state index contributed by atoms with van der Waals surface area (Å²) < 4.78 is 1.63. The number of hydrogen-bond donors (Lipinski definition) is 4. The minimum atomic E-state index is 0.186. The van der Waals surface area contributed by atoms with E-state index in [-0.39, 0.29) is 6.04 Å². The zero-order chi connectivity index (χ0) is 9.14. The summed E-state index contributed by atoms with van der Waals surface area (Å²) in [4.78, 5) is 3.95. The van der Waals surface area contributed by atoms with Gasteiger partial charge in [0.2, 0.25) is 5.95 Å². The number of nitrogens with two attached hydrogens (primary N) is 2. The van der Waals surface area contributed by atoms with Crippen molar-refractivity contribution < 1.29 is 0 Å². The van der Waals surface area contributed by atoms with E-state index in [1.54, 1.807) is 4.68 Å². The van der Waals surface area contributed by atoms with E-state index in [9.17, 15) is 0 Å². The van der Waals surface area contributed by atoms with Crippen LogP contribution in [0.25, 0.3) is 0 Å². The van der Waals surface area contributed by atoms with Crippen LogP contribution in [0.2, 0.25) is 0 Å². The van der Waals surface area contributed by atoms with Gasteiger partial charge in [0.1, 0.15) is 0 Å². The Bertz CT molecular complexity index is 252. The van der Waals surface area contributed by atoms with Gasteiger partial charge in [0.05, 0.1) is 6.04 Å². The lowest BCUT2D eigenvalue weighted by molar-refractivity contribution is 0.538. The first-order valence-electron chi connectivity index (χ1n) is 3.58. The maximum Gasteiger partial charge on any atom is 0.258 e. The van der Waals surface area contributed by atoms with E-state index >= 15 is 0 Å². The molecule has 0 fully saturated rings. The Labute approximate surface area is 70.1 Å². The fourth-order valence-electron chi connectivity index (χ4n) is 0.843. The Kier molecular flexibility index (Phi) is 2.46. The second-order valence-corrected chi connectivity index (χ2v) is 2.59. The summed E-state index contributed by atoms with van der Waals surface area (Å²) in [5.74, 6) is 11.2. The second-order valence-electron chi connectivity index (χ2n) is 2.59. The number of nitrogens with zero attached hydrogens (tertiary/aromatic N) is 3. The third-order valence-electron chi connectivity index (χ3n) is 1.38. The summed E-state index contributed by atoms with van der Waals surface area (Å²) >= 11 is 0. The van der Waals surface area contributed by atoms with Crippen molar-refractivity contribution >= 4 is 11.9 Å². The van der Waals surface area contributed by atoms with Crippen LogP contribution in [-0.4, -0.2) is 14.8 Å². The largest absolute Gasteiger partial charge is 0.292 e. The monoisotopic (exact) mass is 171 g/mol. The van der Waals surface area contributed by atoms with Gasteiger partial charge >= 0.3 is 0 Å². The van der Waals surface area contributed by atoms with E-state index < -0.39 is 0 Å². The minimum Gasteiger partial charge on any atom is -0.292 e. The Morgan fingerprint density at radius 3 is 2.33 bits per heavy atom. The fraction of sp³-hybridized carbons (Fsp3) is 0.600. The van der Waals surface area contributed by atoms with Crippen LogP contribution in [0, 0.1) is 0 Å². The first-order chi connectivity index (χ1) is 5.69. The van der Waals surface area contributed by atoms with Crippen LogP contribution in [0.3, 0.4) is 0 Å². The Hall–Kier alpha value is -1.34. The molecule has 0 aromatic carbocycles. The topological polar surface area (TPSA) is 107 Å². The van der Waals surface area contributed by atoms with E-state index in [0.717, 1.165) is 0 Å². The van der Waals surface area contributed by atoms with Gasteiger partial charge in [0, 0.05) is 0 Å². The van der Waals surface area contributed by atoms with Crippen molar-refractivity contribution in [3.05, 3.63) is 0 Å². The van der Waals surface area contributed by atoms with Crippen LogP contribution in [0.5, 0.6) is 0 Å². The molecule has 0 aliphatic rings. The van der Waals surface area contributed by atoms with Gasteiger partial charge in [-0.3, -0.25) is 10.9 Å². The number of rotatable bonds is 3. The van der Waals surface area contributed by atoms with Crippen LogP contribution in [0.4, 0.5) is 11.9 Å². The Morgan fingerprint density at radius 2 is 2.00 bits per heavy atom. The van der Waals surface area contributed by atoms with Crippen molar-refractivity contribution in [2.75, 3.05) is 10.9 Å². The van der Waals surface area contributed by atoms with E-state index in [1.165, 1.54) is 0 Å². The molecule has 1 aromatic rings. The predicted molar refractivity (Wildman–Crippen MR) is 46.0 cm³/mol. The lowest BCUT2D eigenvalue weighted by Gasteiger charge is -2.06. The third-order valence-corrected chi connectivity index (χ3v) is 1.38. The van der Waals surface area contributed by atoms with Crippen LogP contribution in [0.1, 0.15) is 19.9 Å². The SMILES string of the molecule is CC(C)n1nc(NN)nc1NN. The molecule has 0 spiro atoms. The highest BCUT2D eigenvalue weighted by molar-refractivity contribution is 5.33. The molecule has 1 rings (SSSR count). The lowest BCUT2D eigenvalue weighted by atomic mass is 10.4. The molecule has 6 N–H and O–H groups in total. The van der Waals surface area contributed by atoms with Gasteiger partial charge in [0.15, 0.2) is 0 Å². The van der Waals surface area contributed by atoms with Crippen LogP contribution < -0.4 is 22.5 Å². The standard InChI is InChI=1S/C5H13N7/c1-3(2)12-5(10-7)8-4(9-6)11-12/h3H,6-7H2,1-2H3,(H2,8,9,10,11). The number of aromatic nitrogens is 3. The summed E-state index contributed by atoms with van der Waals surface area (Å²) in [7, 11) is 0. The molecule has 68 valence electrons. The van der Waals surface area contributed by atoms with Gasteiger partial charge in [0.25, 0.3) is 5.95 Å². The molecule has 0 saturated carbocycles. The van der Waals surface area contributed by atoms with Gasteiger partial charge < -0.3 is 0 Å². The number of nitrogens with one attached hydrogen (secondary N) is 2. The zero-order valence-corrected chi connectivity index (χ0v) is 7.07. The van der Waals surface area contributed by atoms with Crippen molar-refractivity contribution in [3.63, 3.8) is 0 Å². The summed E-state index contributed by atoms with van der Waals surface area (Å²) in [5.41, 5.74) is 4.76. The molecule has 0 radical (unpaired) electrons. The highest BCUT2D eigenvalue weighted by atomic mass is 15.5. The second kappa shape index (κ2) is 3.37. The van der Waals surface area contributed by atoms with Crippen LogP contribution in [0.15, 0.2) is 0 Å². The number of anilines is 2. The van der Waals surface area contributed by atoms with Crippen LogP contribution in [-0.2, 0) is 0 Å². The normalized spacial score (nSPS) is 10.4. The number of hydrazine groups is 2. The van der Waals surface area contributed by atoms with Crippen molar-refractivity contribution in [1.82, 2.24) is 14.8 Å².